The average molecular weight is 373 g/mol. The SMILES string of the molecule is COc1ccc2c(c1O)[C@@]13CCN(CC4CC4)[C@@H](C2)[C@H]1CC(OC)C(O)C3. The highest BCUT2D eigenvalue weighted by Crippen LogP contribution is 2.59. The summed E-state index contributed by atoms with van der Waals surface area (Å²) in [5, 5.41) is 21.9. The lowest BCUT2D eigenvalue weighted by molar-refractivity contribution is -0.118. The smallest absolute Gasteiger partial charge is 0.161 e. The molecule has 0 aromatic heterocycles. The van der Waals surface area contributed by atoms with Gasteiger partial charge in [0.15, 0.2) is 11.5 Å². The monoisotopic (exact) mass is 373 g/mol. The van der Waals surface area contributed by atoms with Crippen LogP contribution in [0.3, 0.4) is 0 Å². The molecule has 2 saturated carbocycles. The fourth-order valence-corrected chi connectivity index (χ4v) is 6.39. The van der Waals surface area contributed by atoms with Gasteiger partial charge in [-0.15, -0.1) is 0 Å². The van der Waals surface area contributed by atoms with Gasteiger partial charge < -0.3 is 19.7 Å². The number of aliphatic hydroxyl groups excluding tert-OH is 1. The number of hydrogen-bond acceptors (Lipinski definition) is 5. The highest BCUT2D eigenvalue weighted by molar-refractivity contribution is 5.56. The molecule has 3 fully saturated rings. The van der Waals surface area contributed by atoms with Gasteiger partial charge in [0.1, 0.15) is 0 Å². The lowest BCUT2D eigenvalue weighted by Crippen LogP contribution is -2.64. The number of fused-ring (bicyclic) bond motifs is 1. The van der Waals surface area contributed by atoms with E-state index < -0.39 is 6.10 Å². The highest BCUT2D eigenvalue weighted by atomic mass is 16.5. The summed E-state index contributed by atoms with van der Waals surface area (Å²) in [6.07, 6.45) is 5.62. The molecule has 1 saturated heterocycles. The van der Waals surface area contributed by atoms with Gasteiger partial charge in [0.25, 0.3) is 0 Å². The van der Waals surface area contributed by atoms with Crippen molar-refractivity contribution < 1.29 is 19.7 Å². The first kappa shape index (κ1) is 17.8. The Morgan fingerprint density at radius 1 is 1.26 bits per heavy atom. The summed E-state index contributed by atoms with van der Waals surface area (Å²) >= 11 is 0. The lowest BCUT2D eigenvalue weighted by atomic mass is 9.51. The van der Waals surface area contributed by atoms with Crippen molar-refractivity contribution in [2.24, 2.45) is 11.8 Å². The van der Waals surface area contributed by atoms with Crippen molar-refractivity contribution in [1.82, 2.24) is 4.90 Å². The maximum absolute atomic E-state index is 11.1. The summed E-state index contributed by atoms with van der Waals surface area (Å²) in [5.41, 5.74) is 2.10. The van der Waals surface area contributed by atoms with Crippen molar-refractivity contribution in [3.8, 4) is 11.5 Å². The summed E-state index contributed by atoms with van der Waals surface area (Å²) in [4.78, 5) is 2.70. The molecule has 148 valence electrons. The molecule has 5 nitrogen and oxygen atoms in total. The van der Waals surface area contributed by atoms with Gasteiger partial charge in [-0.3, -0.25) is 4.90 Å². The van der Waals surface area contributed by atoms with E-state index in [0.29, 0.717) is 24.1 Å². The molecule has 2 N–H and O–H groups in total. The first-order valence-electron chi connectivity index (χ1n) is 10.4. The number of aliphatic hydroxyl groups is 1. The molecule has 1 aromatic rings. The maximum atomic E-state index is 11.1. The number of phenols is 1. The van der Waals surface area contributed by atoms with Gasteiger partial charge in [-0.2, -0.15) is 0 Å². The van der Waals surface area contributed by atoms with Gasteiger partial charge in [-0.1, -0.05) is 6.07 Å². The Bertz CT molecular complexity index is 733. The number of phenolic OH excluding ortho intramolecular Hbond substituents is 1. The average Bonchev–Trinajstić information content (AvgIpc) is 3.47. The Hall–Kier alpha value is -1.30. The van der Waals surface area contributed by atoms with Gasteiger partial charge in [0.05, 0.1) is 19.3 Å². The van der Waals surface area contributed by atoms with Crippen molar-refractivity contribution in [2.75, 3.05) is 27.3 Å². The number of piperidine rings is 1. The van der Waals surface area contributed by atoms with Gasteiger partial charge in [-0.05, 0) is 68.5 Å². The number of methoxy groups -OCH3 is 2. The molecule has 1 aliphatic heterocycles. The Morgan fingerprint density at radius 2 is 2.07 bits per heavy atom. The first-order chi connectivity index (χ1) is 13.1. The van der Waals surface area contributed by atoms with Crippen LogP contribution in [0, 0.1) is 11.8 Å². The molecule has 0 radical (unpaired) electrons. The second kappa shape index (κ2) is 6.36. The quantitative estimate of drug-likeness (QED) is 0.849. The van der Waals surface area contributed by atoms with E-state index >= 15 is 0 Å². The normalized spacial score (nSPS) is 38.2. The first-order valence-corrected chi connectivity index (χ1v) is 10.4. The third-order valence-electron chi connectivity index (χ3n) is 7.84. The minimum absolute atomic E-state index is 0.110. The van der Waals surface area contributed by atoms with Crippen LogP contribution in [-0.2, 0) is 16.6 Å². The molecule has 1 heterocycles. The Kier molecular flexibility index (Phi) is 4.19. The summed E-state index contributed by atoms with van der Waals surface area (Å²) in [7, 11) is 3.32. The topological polar surface area (TPSA) is 62.2 Å². The number of rotatable bonds is 4. The van der Waals surface area contributed by atoms with Crippen LogP contribution < -0.4 is 4.74 Å². The van der Waals surface area contributed by atoms with Crippen LogP contribution in [0.5, 0.6) is 11.5 Å². The largest absolute Gasteiger partial charge is 0.504 e. The molecule has 2 bridgehead atoms. The van der Waals surface area contributed by atoms with Crippen LogP contribution in [0.2, 0.25) is 0 Å². The van der Waals surface area contributed by atoms with Crippen LogP contribution in [0.1, 0.15) is 43.2 Å². The molecule has 5 heteroatoms. The third-order valence-corrected chi connectivity index (χ3v) is 7.84. The Labute approximate surface area is 161 Å². The van der Waals surface area contributed by atoms with E-state index in [2.05, 4.69) is 11.0 Å². The van der Waals surface area contributed by atoms with Crippen molar-refractivity contribution in [2.45, 2.75) is 62.2 Å². The predicted octanol–water partition coefficient (Wildman–Crippen LogP) is 2.46. The third kappa shape index (κ3) is 2.62. The van der Waals surface area contributed by atoms with Gasteiger partial charge in [0.2, 0.25) is 0 Å². The Morgan fingerprint density at radius 3 is 2.78 bits per heavy atom. The van der Waals surface area contributed by atoms with Gasteiger partial charge in [-0.25, -0.2) is 0 Å². The van der Waals surface area contributed by atoms with E-state index in [4.69, 9.17) is 9.47 Å². The number of benzene rings is 1. The summed E-state index contributed by atoms with van der Waals surface area (Å²) in [5.74, 6) is 2.11. The lowest BCUT2D eigenvalue weighted by Gasteiger charge is -2.60. The van der Waals surface area contributed by atoms with E-state index in [1.54, 1.807) is 14.2 Å². The molecule has 0 spiro atoms. The van der Waals surface area contributed by atoms with Gasteiger partial charge >= 0.3 is 0 Å². The molecular formula is C22H31NO4. The zero-order valence-electron chi connectivity index (χ0n) is 16.4. The number of nitrogens with zero attached hydrogens (tertiary/aromatic N) is 1. The molecule has 5 atom stereocenters. The number of aromatic hydroxyl groups is 1. The van der Waals surface area contributed by atoms with E-state index in [1.807, 2.05) is 6.07 Å². The van der Waals surface area contributed by atoms with Crippen molar-refractivity contribution >= 4 is 0 Å². The number of ether oxygens (including phenoxy) is 2. The van der Waals surface area contributed by atoms with Crippen molar-refractivity contribution in [3.63, 3.8) is 0 Å². The minimum Gasteiger partial charge on any atom is -0.504 e. The fourth-order valence-electron chi connectivity index (χ4n) is 6.39. The molecule has 3 aliphatic carbocycles. The highest BCUT2D eigenvalue weighted by Gasteiger charge is 2.59. The second-order valence-corrected chi connectivity index (χ2v) is 9.15. The second-order valence-electron chi connectivity index (χ2n) is 9.15. The molecule has 2 unspecified atom stereocenters. The molecule has 27 heavy (non-hydrogen) atoms. The summed E-state index contributed by atoms with van der Waals surface area (Å²) in [6.45, 7) is 2.26. The molecular weight excluding hydrogens is 342 g/mol. The van der Waals surface area contributed by atoms with E-state index in [1.165, 1.54) is 24.9 Å². The van der Waals surface area contributed by atoms with Crippen LogP contribution >= 0.6 is 0 Å². The van der Waals surface area contributed by atoms with Crippen molar-refractivity contribution in [3.05, 3.63) is 23.3 Å². The summed E-state index contributed by atoms with van der Waals surface area (Å²) in [6, 6.07) is 4.50. The van der Waals surface area contributed by atoms with Crippen LogP contribution in [0.15, 0.2) is 12.1 Å². The minimum atomic E-state index is -0.488. The molecule has 4 aliphatic rings. The fraction of sp³-hybridized carbons (Fsp3) is 0.727. The van der Waals surface area contributed by atoms with Crippen molar-refractivity contribution in [1.29, 1.82) is 0 Å². The maximum Gasteiger partial charge on any atom is 0.161 e. The molecule has 0 amide bonds. The van der Waals surface area contributed by atoms with Gasteiger partial charge in [0, 0.05) is 30.7 Å². The van der Waals surface area contributed by atoms with E-state index in [-0.39, 0.29) is 17.3 Å². The number of likely N-dealkylation sites (tertiary alicyclic amines) is 1. The number of hydrogen-bond donors (Lipinski definition) is 2. The van der Waals surface area contributed by atoms with E-state index in [0.717, 1.165) is 37.3 Å². The standard InChI is InChI=1S/C22H31NO4/c1-26-18-6-5-14-9-16-15-10-19(27-2)17(24)11-22(15,20(14)21(18)25)7-8-23(16)12-13-3-4-13/h5-6,13,15-17,19,24-25H,3-4,7-12H2,1-2H3/t15-,16+,17?,19?,22-/m1/s1. The molecule has 5 rings (SSSR count). The zero-order chi connectivity index (χ0) is 18.8. The van der Waals surface area contributed by atoms with Crippen LogP contribution in [-0.4, -0.2) is 60.7 Å². The predicted molar refractivity (Wildman–Crippen MR) is 102 cm³/mol. The van der Waals surface area contributed by atoms with Crippen LogP contribution in [0.25, 0.3) is 0 Å². The molecule has 1 aromatic carbocycles. The van der Waals surface area contributed by atoms with E-state index in [9.17, 15) is 10.2 Å². The summed E-state index contributed by atoms with van der Waals surface area (Å²) < 4.78 is 11.1. The zero-order valence-corrected chi connectivity index (χ0v) is 16.4. The van der Waals surface area contributed by atoms with Crippen LogP contribution in [0.4, 0.5) is 0 Å². The Balaban J connectivity index is 1.61.